The van der Waals surface area contributed by atoms with Crippen molar-refractivity contribution in [1.82, 2.24) is 9.62 Å². The van der Waals surface area contributed by atoms with Gasteiger partial charge in [0.2, 0.25) is 15.9 Å². The van der Waals surface area contributed by atoms with E-state index in [0.29, 0.717) is 32.5 Å². The van der Waals surface area contributed by atoms with Crippen molar-refractivity contribution in [3.8, 4) is 0 Å². The highest BCUT2D eigenvalue weighted by atomic mass is 32.2. The van der Waals surface area contributed by atoms with Gasteiger partial charge in [0.15, 0.2) is 0 Å². The molecule has 0 aromatic heterocycles. The number of thioether (sulfide) groups is 1. The number of hydrogen-bond acceptors (Lipinski definition) is 4. The Morgan fingerprint density at radius 3 is 2.55 bits per heavy atom. The molecule has 1 N–H and O–H groups in total. The van der Waals surface area contributed by atoms with Crippen molar-refractivity contribution in [3.63, 3.8) is 0 Å². The summed E-state index contributed by atoms with van der Waals surface area (Å²) in [6.45, 7) is 5.54. The molecule has 0 aliphatic carbocycles. The van der Waals surface area contributed by atoms with Crippen LogP contribution in [0.15, 0.2) is 48.5 Å². The van der Waals surface area contributed by atoms with Crippen molar-refractivity contribution in [1.29, 1.82) is 0 Å². The van der Waals surface area contributed by atoms with Gasteiger partial charge >= 0.3 is 0 Å². The molecule has 0 saturated carbocycles. The molecule has 0 atom stereocenters. The second-order valence-corrected chi connectivity index (χ2v) is 11.3. The van der Waals surface area contributed by atoms with E-state index in [1.165, 1.54) is 15.4 Å². The lowest BCUT2D eigenvalue weighted by Gasteiger charge is -2.30. The number of carbonyl (C=O) groups excluding carboxylic acids is 1. The lowest BCUT2D eigenvalue weighted by Crippen LogP contribution is -2.43. The number of amides is 1. The second-order valence-electron chi connectivity index (χ2n) is 8.19. The number of rotatable bonds is 9. The molecule has 1 aliphatic rings. The minimum Gasteiger partial charge on any atom is -0.355 e. The zero-order valence-corrected chi connectivity index (χ0v) is 20.0. The van der Waals surface area contributed by atoms with Gasteiger partial charge in [-0.3, -0.25) is 4.79 Å². The Kier molecular flexibility index (Phi) is 8.58. The molecular weight excluding hydrogens is 428 g/mol. The third-order valence-corrected chi connectivity index (χ3v) is 8.57. The molecule has 168 valence electrons. The van der Waals surface area contributed by atoms with Crippen LogP contribution in [0.5, 0.6) is 0 Å². The predicted octanol–water partition coefficient (Wildman–Crippen LogP) is 3.89. The topological polar surface area (TPSA) is 66.5 Å². The molecule has 1 amide bonds. The summed E-state index contributed by atoms with van der Waals surface area (Å²) < 4.78 is 27.0. The predicted molar refractivity (Wildman–Crippen MR) is 128 cm³/mol. The Morgan fingerprint density at radius 1 is 1.10 bits per heavy atom. The van der Waals surface area contributed by atoms with Gasteiger partial charge < -0.3 is 5.32 Å². The van der Waals surface area contributed by atoms with Crippen molar-refractivity contribution in [2.45, 2.75) is 38.2 Å². The van der Waals surface area contributed by atoms with Gasteiger partial charge in [-0.2, -0.15) is 11.8 Å². The first-order chi connectivity index (χ1) is 14.8. The Hall–Kier alpha value is -1.83. The third kappa shape index (κ3) is 7.09. The maximum atomic E-state index is 12.8. The summed E-state index contributed by atoms with van der Waals surface area (Å²) in [5, 5.41) is 3.03. The molecule has 1 saturated heterocycles. The Balaban J connectivity index is 1.37. The molecule has 0 bridgehead atoms. The quantitative estimate of drug-likeness (QED) is 0.577. The summed E-state index contributed by atoms with van der Waals surface area (Å²) in [5.74, 6) is 1.77. The summed E-state index contributed by atoms with van der Waals surface area (Å²) in [4.78, 5) is 12.5. The summed E-state index contributed by atoms with van der Waals surface area (Å²) in [6.07, 6.45) is 1.16. The molecule has 31 heavy (non-hydrogen) atoms. The molecular formula is C24H32N2O3S2. The van der Waals surface area contributed by atoms with Crippen molar-refractivity contribution < 1.29 is 13.2 Å². The minimum absolute atomic E-state index is 0.0175. The highest BCUT2D eigenvalue weighted by molar-refractivity contribution is 7.98. The van der Waals surface area contributed by atoms with E-state index < -0.39 is 10.0 Å². The van der Waals surface area contributed by atoms with Crippen molar-refractivity contribution in [2.75, 3.05) is 25.4 Å². The van der Waals surface area contributed by atoms with Crippen LogP contribution in [0.2, 0.25) is 0 Å². The summed E-state index contributed by atoms with van der Waals surface area (Å²) >= 11 is 1.81. The third-order valence-electron chi connectivity index (χ3n) is 5.71. The van der Waals surface area contributed by atoms with E-state index in [9.17, 15) is 13.2 Å². The smallest absolute Gasteiger partial charge is 0.223 e. The van der Waals surface area contributed by atoms with Gasteiger partial charge in [0, 0.05) is 37.1 Å². The first kappa shape index (κ1) is 23.8. The molecule has 3 rings (SSSR count). The van der Waals surface area contributed by atoms with Gasteiger partial charge in [-0.15, -0.1) is 0 Å². The van der Waals surface area contributed by atoms with Gasteiger partial charge in [0.1, 0.15) is 0 Å². The molecule has 2 aromatic carbocycles. The maximum absolute atomic E-state index is 12.8. The van der Waals surface area contributed by atoms with Gasteiger partial charge in [0.25, 0.3) is 0 Å². The lowest BCUT2D eigenvalue weighted by atomic mass is 9.97. The van der Waals surface area contributed by atoms with Crippen LogP contribution in [-0.2, 0) is 26.3 Å². The van der Waals surface area contributed by atoms with E-state index in [4.69, 9.17) is 0 Å². The standard InChI is InChI=1S/C24H32N2O3S2/c1-19-6-5-8-21(16-19)18-31(28,29)26-13-10-22(11-14-26)24(27)25-12-15-30-17-23-9-4-3-7-20(23)2/h3-9,16,22H,10-15,17-18H2,1-2H3,(H,25,27). The van der Waals surface area contributed by atoms with E-state index in [2.05, 4.69) is 30.4 Å². The van der Waals surface area contributed by atoms with Crippen LogP contribution in [0.3, 0.4) is 0 Å². The van der Waals surface area contributed by atoms with Crippen LogP contribution >= 0.6 is 11.8 Å². The van der Waals surface area contributed by atoms with Crippen molar-refractivity contribution in [2.24, 2.45) is 5.92 Å². The molecule has 0 unspecified atom stereocenters. The minimum atomic E-state index is -3.36. The number of nitrogens with one attached hydrogen (secondary N) is 1. The number of carbonyl (C=O) groups is 1. The lowest BCUT2D eigenvalue weighted by molar-refractivity contribution is -0.125. The largest absolute Gasteiger partial charge is 0.355 e. The fourth-order valence-corrected chi connectivity index (χ4v) is 6.33. The van der Waals surface area contributed by atoms with Crippen LogP contribution in [0.4, 0.5) is 0 Å². The van der Waals surface area contributed by atoms with Crippen LogP contribution in [0.25, 0.3) is 0 Å². The van der Waals surface area contributed by atoms with Crippen LogP contribution in [0.1, 0.15) is 35.1 Å². The van der Waals surface area contributed by atoms with E-state index in [1.54, 1.807) is 0 Å². The van der Waals surface area contributed by atoms with Gasteiger partial charge in [-0.1, -0.05) is 54.1 Å². The average molecular weight is 461 g/mol. The van der Waals surface area contributed by atoms with Gasteiger partial charge in [0.05, 0.1) is 5.75 Å². The zero-order valence-electron chi connectivity index (χ0n) is 18.3. The number of piperidine rings is 1. The van der Waals surface area contributed by atoms with E-state index >= 15 is 0 Å². The Labute approximate surface area is 190 Å². The van der Waals surface area contributed by atoms with Crippen molar-refractivity contribution >= 4 is 27.7 Å². The van der Waals surface area contributed by atoms with Crippen LogP contribution in [0, 0.1) is 19.8 Å². The molecule has 1 heterocycles. The Morgan fingerprint density at radius 2 is 1.84 bits per heavy atom. The molecule has 5 nitrogen and oxygen atoms in total. The van der Waals surface area contributed by atoms with E-state index in [0.717, 1.165) is 22.6 Å². The van der Waals surface area contributed by atoms with Gasteiger partial charge in [-0.05, 0) is 43.4 Å². The Bertz CT molecular complexity index is 984. The zero-order chi connectivity index (χ0) is 22.3. The number of sulfonamides is 1. The highest BCUT2D eigenvalue weighted by Crippen LogP contribution is 2.22. The molecule has 2 aromatic rings. The number of aryl methyl sites for hydroxylation is 2. The molecule has 1 aliphatic heterocycles. The summed E-state index contributed by atoms with van der Waals surface area (Å²) in [5.41, 5.74) is 4.49. The molecule has 7 heteroatoms. The average Bonchev–Trinajstić information content (AvgIpc) is 2.74. The second kappa shape index (κ2) is 11.2. The normalized spacial score (nSPS) is 15.7. The molecule has 1 fully saturated rings. The first-order valence-electron chi connectivity index (χ1n) is 10.8. The fraction of sp³-hybridized carbons (Fsp3) is 0.458. The highest BCUT2D eigenvalue weighted by Gasteiger charge is 2.31. The SMILES string of the molecule is Cc1cccc(CS(=O)(=O)N2CCC(C(=O)NCCSCc3ccccc3C)CC2)c1. The summed E-state index contributed by atoms with van der Waals surface area (Å²) in [7, 11) is -3.36. The molecule has 0 spiro atoms. The monoisotopic (exact) mass is 460 g/mol. The number of benzene rings is 2. The van der Waals surface area contributed by atoms with Crippen LogP contribution in [-0.4, -0.2) is 44.0 Å². The summed E-state index contributed by atoms with van der Waals surface area (Å²) in [6, 6.07) is 16.0. The first-order valence-corrected chi connectivity index (χ1v) is 13.5. The van der Waals surface area contributed by atoms with Crippen molar-refractivity contribution in [3.05, 3.63) is 70.8 Å². The maximum Gasteiger partial charge on any atom is 0.223 e. The van der Waals surface area contributed by atoms with E-state index in [-0.39, 0.29) is 17.6 Å². The van der Waals surface area contributed by atoms with E-state index in [1.807, 2.05) is 49.0 Å². The number of nitrogens with zero attached hydrogens (tertiary/aromatic N) is 1. The van der Waals surface area contributed by atoms with Gasteiger partial charge in [-0.25, -0.2) is 12.7 Å². The molecule has 0 radical (unpaired) electrons. The fourth-order valence-electron chi connectivity index (χ4n) is 3.84. The van der Waals surface area contributed by atoms with Crippen LogP contribution < -0.4 is 5.32 Å². The number of hydrogen-bond donors (Lipinski definition) is 1.